The number of pyridine rings is 1. The number of rotatable bonds is 4. The highest BCUT2D eigenvalue weighted by Crippen LogP contribution is 2.28. The molecule has 0 amide bonds. The average Bonchev–Trinajstić information content (AvgIpc) is 3.46. The summed E-state index contributed by atoms with van der Waals surface area (Å²) >= 11 is 6.23. The first-order valence-corrected chi connectivity index (χ1v) is 11.0. The molecule has 0 aromatic carbocycles. The summed E-state index contributed by atoms with van der Waals surface area (Å²) in [6, 6.07) is 9.63. The van der Waals surface area contributed by atoms with E-state index in [2.05, 4.69) is 47.2 Å². The Labute approximate surface area is 194 Å². The molecule has 0 bridgehead atoms. The van der Waals surface area contributed by atoms with Gasteiger partial charge in [0.05, 0.1) is 6.20 Å². The molecule has 1 aliphatic rings. The number of H-pyrrole nitrogens is 1. The second-order valence-electron chi connectivity index (χ2n) is 8.02. The Morgan fingerprint density at radius 2 is 1.91 bits per heavy atom. The minimum Gasteiger partial charge on any atom is -0.354 e. The van der Waals surface area contributed by atoms with Gasteiger partial charge in [0.2, 0.25) is 5.95 Å². The number of aromatic nitrogens is 7. The van der Waals surface area contributed by atoms with Crippen LogP contribution in [0, 0.1) is 0 Å². The molecule has 0 aliphatic carbocycles. The van der Waals surface area contributed by atoms with Gasteiger partial charge < -0.3 is 20.1 Å². The van der Waals surface area contributed by atoms with Crippen LogP contribution in [0.4, 0.5) is 17.5 Å². The van der Waals surface area contributed by atoms with E-state index in [4.69, 9.17) is 16.6 Å². The van der Waals surface area contributed by atoms with Crippen molar-refractivity contribution < 1.29 is 0 Å². The number of anilines is 3. The molecule has 6 heterocycles. The lowest BCUT2D eigenvalue weighted by Gasteiger charge is -2.33. The van der Waals surface area contributed by atoms with Crippen LogP contribution in [0.1, 0.15) is 0 Å². The fourth-order valence-corrected chi connectivity index (χ4v) is 4.17. The van der Waals surface area contributed by atoms with E-state index in [0.717, 1.165) is 48.7 Å². The van der Waals surface area contributed by atoms with Gasteiger partial charge in [-0.25, -0.2) is 19.5 Å². The van der Waals surface area contributed by atoms with Gasteiger partial charge in [-0.3, -0.25) is 0 Å². The molecule has 11 heteroatoms. The monoisotopic (exact) mass is 460 g/mol. The first kappa shape index (κ1) is 19.9. The molecular formula is C22H21ClN10. The molecule has 0 saturated carbocycles. The van der Waals surface area contributed by atoms with Crippen molar-refractivity contribution in [3.63, 3.8) is 0 Å². The van der Waals surface area contributed by atoms with Crippen LogP contribution < -0.4 is 10.2 Å². The van der Waals surface area contributed by atoms with Gasteiger partial charge in [-0.05, 0) is 31.3 Å². The number of hydrogen-bond donors (Lipinski definition) is 2. The summed E-state index contributed by atoms with van der Waals surface area (Å²) < 4.78 is 1.59. The largest absolute Gasteiger partial charge is 0.354 e. The summed E-state index contributed by atoms with van der Waals surface area (Å²) in [5.74, 6) is 1.41. The Bertz CT molecular complexity index is 1450. The van der Waals surface area contributed by atoms with E-state index in [1.165, 1.54) is 0 Å². The zero-order valence-corrected chi connectivity index (χ0v) is 18.7. The van der Waals surface area contributed by atoms with Crippen molar-refractivity contribution >= 4 is 45.7 Å². The van der Waals surface area contributed by atoms with Crippen LogP contribution >= 0.6 is 11.6 Å². The summed E-state index contributed by atoms with van der Waals surface area (Å²) in [5, 5.41) is 9.28. The predicted octanol–water partition coefficient (Wildman–Crippen LogP) is 3.21. The van der Waals surface area contributed by atoms with Gasteiger partial charge in [0.25, 0.3) is 0 Å². The molecule has 0 unspecified atom stereocenters. The van der Waals surface area contributed by atoms with Crippen molar-refractivity contribution in [2.45, 2.75) is 0 Å². The maximum Gasteiger partial charge on any atom is 0.229 e. The van der Waals surface area contributed by atoms with E-state index in [1.54, 1.807) is 16.9 Å². The van der Waals surface area contributed by atoms with Crippen LogP contribution in [0.5, 0.6) is 0 Å². The lowest BCUT2D eigenvalue weighted by atomic mass is 10.2. The minimum atomic E-state index is 0.442. The lowest BCUT2D eigenvalue weighted by Crippen LogP contribution is -2.44. The third kappa shape index (κ3) is 3.73. The van der Waals surface area contributed by atoms with Crippen LogP contribution in [0.25, 0.3) is 28.1 Å². The molecule has 5 aromatic rings. The second-order valence-corrected chi connectivity index (χ2v) is 8.41. The van der Waals surface area contributed by atoms with Crippen LogP contribution in [0.3, 0.4) is 0 Å². The zero-order chi connectivity index (χ0) is 22.4. The number of likely N-dealkylation sites (N-methyl/N-ethyl adjacent to an activating group) is 1. The molecule has 1 saturated heterocycles. The molecule has 10 nitrogen and oxygen atoms in total. The third-order valence-corrected chi connectivity index (χ3v) is 6.07. The predicted molar refractivity (Wildman–Crippen MR) is 128 cm³/mol. The van der Waals surface area contributed by atoms with Gasteiger partial charge in [-0.2, -0.15) is 10.1 Å². The number of halogens is 1. The maximum atomic E-state index is 6.23. The number of piperazine rings is 1. The molecule has 5 aromatic heterocycles. The summed E-state index contributed by atoms with van der Waals surface area (Å²) in [7, 11) is 2.14. The van der Waals surface area contributed by atoms with E-state index in [1.807, 2.05) is 36.5 Å². The zero-order valence-electron chi connectivity index (χ0n) is 17.9. The standard InChI is InChI=1S/C22H21ClN10/c1-31-8-10-32(11-9-31)19-12-14(4-6-24-19)27-22-28-20(15-5-7-25-21(15)29-22)16-2-3-18-26-13-17(23)33(18)30-16/h2-7,12-13H,8-11H2,1H3,(H2,24,25,27,28,29). The van der Waals surface area contributed by atoms with Crippen LogP contribution in [0.2, 0.25) is 5.15 Å². The average molecular weight is 461 g/mol. The molecule has 1 aliphatic heterocycles. The van der Waals surface area contributed by atoms with Crippen LogP contribution in [-0.4, -0.2) is 72.7 Å². The van der Waals surface area contributed by atoms with Crippen molar-refractivity contribution in [1.82, 2.24) is 39.4 Å². The normalized spacial score (nSPS) is 14.9. The van der Waals surface area contributed by atoms with Crippen molar-refractivity contribution in [2.24, 2.45) is 0 Å². The van der Waals surface area contributed by atoms with Crippen molar-refractivity contribution in [1.29, 1.82) is 0 Å². The molecule has 0 atom stereocenters. The number of nitrogens with zero attached hydrogens (tertiary/aromatic N) is 8. The van der Waals surface area contributed by atoms with E-state index in [-0.39, 0.29) is 0 Å². The van der Waals surface area contributed by atoms with Gasteiger partial charge in [-0.15, -0.1) is 0 Å². The topological polar surface area (TPSA) is 103 Å². The summed E-state index contributed by atoms with van der Waals surface area (Å²) in [6.45, 7) is 3.95. The SMILES string of the molecule is CN1CCN(c2cc(Nc3nc(-c4ccc5ncc(Cl)n5n4)c4cc[nH]c4n3)ccn2)CC1. The Balaban J connectivity index is 1.36. The number of imidazole rings is 1. The number of hydrogen-bond acceptors (Lipinski definition) is 8. The fraction of sp³-hybridized carbons (Fsp3) is 0.227. The van der Waals surface area contributed by atoms with Gasteiger partial charge in [0.1, 0.15) is 22.9 Å². The Morgan fingerprint density at radius 1 is 1.03 bits per heavy atom. The van der Waals surface area contributed by atoms with Gasteiger partial charge in [0, 0.05) is 55.7 Å². The maximum absolute atomic E-state index is 6.23. The van der Waals surface area contributed by atoms with Crippen molar-refractivity contribution in [3.8, 4) is 11.4 Å². The second kappa shape index (κ2) is 7.98. The molecule has 2 N–H and O–H groups in total. The molecule has 1 fully saturated rings. The van der Waals surface area contributed by atoms with E-state index in [0.29, 0.717) is 28.1 Å². The van der Waals surface area contributed by atoms with Crippen LogP contribution in [-0.2, 0) is 0 Å². The molecule has 6 rings (SSSR count). The van der Waals surface area contributed by atoms with Crippen molar-refractivity contribution in [3.05, 3.63) is 54.1 Å². The highest BCUT2D eigenvalue weighted by Gasteiger charge is 2.17. The first-order valence-electron chi connectivity index (χ1n) is 10.7. The van der Waals surface area contributed by atoms with Gasteiger partial charge in [-0.1, -0.05) is 11.6 Å². The van der Waals surface area contributed by atoms with E-state index < -0.39 is 0 Å². The third-order valence-electron chi connectivity index (χ3n) is 5.81. The Hall–Kier alpha value is -3.76. The molecular weight excluding hydrogens is 440 g/mol. The lowest BCUT2D eigenvalue weighted by molar-refractivity contribution is 0.312. The Morgan fingerprint density at radius 3 is 2.79 bits per heavy atom. The smallest absolute Gasteiger partial charge is 0.229 e. The number of aromatic amines is 1. The summed E-state index contributed by atoms with van der Waals surface area (Å²) in [4.78, 5) is 26.0. The number of fused-ring (bicyclic) bond motifs is 2. The summed E-state index contributed by atoms with van der Waals surface area (Å²) in [6.07, 6.45) is 5.22. The highest BCUT2D eigenvalue weighted by molar-refractivity contribution is 6.29. The number of nitrogens with one attached hydrogen (secondary N) is 2. The molecule has 0 radical (unpaired) electrons. The molecule has 0 spiro atoms. The first-order chi connectivity index (χ1) is 16.1. The molecule has 33 heavy (non-hydrogen) atoms. The minimum absolute atomic E-state index is 0.442. The highest BCUT2D eigenvalue weighted by atomic mass is 35.5. The summed E-state index contributed by atoms with van der Waals surface area (Å²) in [5.41, 5.74) is 3.63. The van der Waals surface area contributed by atoms with Crippen LogP contribution in [0.15, 0.2) is 48.9 Å². The van der Waals surface area contributed by atoms with Gasteiger partial charge >= 0.3 is 0 Å². The quantitative estimate of drug-likeness (QED) is 0.421. The fourth-order valence-electron chi connectivity index (χ4n) is 4.00. The van der Waals surface area contributed by atoms with E-state index in [9.17, 15) is 0 Å². The van der Waals surface area contributed by atoms with E-state index >= 15 is 0 Å². The van der Waals surface area contributed by atoms with Gasteiger partial charge in [0.15, 0.2) is 10.8 Å². The molecule has 166 valence electrons. The van der Waals surface area contributed by atoms with Crippen molar-refractivity contribution in [2.75, 3.05) is 43.4 Å². The Kier molecular flexibility index (Phi) is 4.81.